The summed E-state index contributed by atoms with van der Waals surface area (Å²) in [5.74, 6) is 0.431. The second kappa shape index (κ2) is 1.63. The van der Waals surface area contributed by atoms with Crippen molar-refractivity contribution in [1.82, 2.24) is 0 Å². The van der Waals surface area contributed by atoms with E-state index in [-0.39, 0.29) is 11.8 Å². The number of alkyl halides is 2. The van der Waals surface area contributed by atoms with E-state index in [0.29, 0.717) is 0 Å². The van der Waals surface area contributed by atoms with Crippen LogP contribution in [-0.4, -0.2) is 5.13 Å². The molecule has 0 heterocycles. The topological polar surface area (TPSA) is 0 Å². The van der Waals surface area contributed by atoms with Gasteiger partial charge in [0, 0.05) is 11.8 Å². The third-order valence-corrected chi connectivity index (χ3v) is 3.21. The van der Waals surface area contributed by atoms with Gasteiger partial charge >= 0.3 is 0 Å². The Bertz CT molecular complexity index is 119. The Hall–Kier alpha value is 0.220. The van der Waals surface area contributed by atoms with Crippen LogP contribution in [0.15, 0.2) is 0 Å². The van der Waals surface area contributed by atoms with Gasteiger partial charge in [0.15, 0.2) is 5.13 Å². The van der Waals surface area contributed by atoms with Crippen LogP contribution in [0.3, 0.4) is 0 Å². The van der Waals surface area contributed by atoms with Gasteiger partial charge in [-0.2, -0.15) is 0 Å². The Morgan fingerprint density at radius 2 is 1.67 bits per heavy atom. The zero-order valence-corrected chi connectivity index (χ0v) is 5.99. The van der Waals surface area contributed by atoms with E-state index < -0.39 is 5.13 Å². The smallest absolute Gasteiger partial charge is 0.190 e. The fraction of sp³-hybridized carbons (Fsp3) is 1.00. The Morgan fingerprint density at radius 1 is 1.22 bits per heavy atom. The molecule has 0 aromatic heterocycles. The Balaban J connectivity index is 2.06. The van der Waals surface area contributed by atoms with Crippen LogP contribution in [0.25, 0.3) is 0 Å². The number of hydrogen-bond acceptors (Lipinski definition) is 0. The first-order valence-electron chi connectivity index (χ1n) is 3.61. The molecule has 0 bridgehead atoms. The molecule has 1 unspecified atom stereocenters. The SMILES string of the molecule is FC1(Cl)[C@@H]2CCCC[C@@H]21. The second-order valence-electron chi connectivity index (χ2n) is 3.17. The molecule has 0 saturated heterocycles. The van der Waals surface area contributed by atoms with Crippen LogP contribution in [0.4, 0.5) is 4.39 Å². The molecule has 0 amide bonds. The van der Waals surface area contributed by atoms with Crippen molar-refractivity contribution in [2.45, 2.75) is 30.8 Å². The van der Waals surface area contributed by atoms with E-state index in [0.717, 1.165) is 12.8 Å². The second-order valence-corrected chi connectivity index (χ2v) is 3.75. The molecule has 2 aliphatic rings. The molecule has 3 atom stereocenters. The molecule has 2 saturated carbocycles. The lowest BCUT2D eigenvalue weighted by Gasteiger charge is -2.03. The van der Waals surface area contributed by atoms with Gasteiger partial charge < -0.3 is 0 Å². The predicted octanol–water partition coefficient (Wildman–Crippen LogP) is 2.71. The number of fused-ring (bicyclic) bond motifs is 1. The van der Waals surface area contributed by atoms with Crippen LogP contribution in [0.2, 0.25) is 0 Å². The van der Waals surface area contributed by atoms with Crippen molar-refractivity contribution in [1.29, 1.82) is 0 Å². The van der Waals surface area contributed by atoms with Crippen LogP contribution in [0, 0.1) is 11.8 Å². The van der Waals surface area contributed by atoms with Gasteiger partial charge in [-0.05, 0) is 12.8 Å². The summed E-state index contributed by atoms with van der Waals surface area (Å²) < 4.78 is 12.9. The quantitative estimate of drug-likeness (QED) is 0.464. The van der Waals surface area contributed by atoms with Crippen molar-refractivity contribution < 1.29 is 4.39 Å². The van der Waals surface area contributed by atoms with Crippen LogP contribution in [0.1, 0.15) is 25.7 Å². The van der Waals surface area contributed by atoms with Crippen molar-refractivity contribution >= 4 is 11.6 Å². The number of hydrogen-bond donors (Lipinski definition) is 0. The zero-order chi connectivity index (χ0) is 6.48. The summed E-state index contributed by atoms with van der Waals surface area (Å²) in [4.78, 5) is 0. The summed E-state index contributed by atoms with van der Waals surface area (Å²) in [5.41, 5.74) is 0. The molecule has 0 radical (unpaired) electrons. The van der Waals surface area contributed by atoms with E-state index in [9.17, 15) is 4.39 Å². The molecule has 0 aliphatic heterocycles. The highest BCUT2D eigenvalue weighted by Crippen LogP contribution is 2.63. The van der Waals surface area contributed by atoms with Crippen molar-refractivity contribution in [2.75, 3.05) is 0 Å². The summed E-state index contributed by atoms with van der Waals surface area (Å²) in [6, 6.07) is 0. The molecule has 9 heavy (non-hydrogen) atoms. The van der Waals surface area contributed by atoms with Gasteiger partial charge in [0.1, 0.15) is 0 Å². The molecule has 0 aromatic rings. The minimum Gasteiger partial charge on any atom is -0.226 e. The number of rotatable bonds is 0. The zero-order valence-electron chi connectivity index (χ0n) is 5.24. The highest BCUT2D eigenvalue weighted by molar-refractivity contribution is 6.25. The predicted molar refractivity (Wildman–Crippen MR) is 35.1 cm³/mol. The molecule has 0 nitrogen and oxygen atoms in total. The van der Waals surface area contributed by atoms with E-state index in [1.165, 1.54) is 12.8 Å². The van der Waals surface area contributed by atoms with Crippen molar-refractivity contribution in [3.63, 3.8) is 0 Å². The van der Waals surface area contributed by atoms with Crippen molar-refractivity contribution in [3.8, 4) is 0 Å². The largest absolute Gasteiger partial charge is 0.226 e. The van der Waals surface area contributed by atoms with Crippen molar-refractivity contribution in [3.05, 3.63) is 0 Å². The third kappa shape index (κ3) is 0.706. The highest BCUT2D eigenvalue weighted by Gasteiger charge is 2.65. The maximum atomic E-state index is 12.9. The van der Waals surface area contributed by atoms with E-state index in [1.54, 1.807) is 0 Å². The number of halogens is 2. The molecule has 52 valence electrons. The first-order chi connectivity index (χ1) is 4.23. The third-order valence-electron chi connectivity index (χ3n) is 2.65. The standard InChI is InChI=1S/C7H10ClF/c8-7(9)5-3-1-2-4-6(5)7/h5-6H,1-4H2/t5-,6+,7?. The average molecular weight is 149 g/mol. The molecule has 0 N–H and O–H groups in total. The van der Waals surface area contributed by atoms with Gasteiger partial charge in [-0.3, -0.25) is 0 Å². The summed E-state index contributed by atoms with van der Waals surface area (Å²) in [7, 11) is 0. The summed E-state index contributed by atoms with van der Waals surface area (Å²) in [6.07, 6.45) is 4.40. The summed E-state index contributed by atoms with van der Waals surface area (Å²) in [5, 5.41) is -1.28. The minimum absolute atomic E-state index is 0.216. The van der Waals surface area contributed by atoms with E-state index in [1.807, 2.05) is 0 Å². The lowest BCUT2D eigenvalue weighted by molar-refractivity contribution is 0.379. The van der Waals surface area contributed by atoms with Crippen LogP contribution >= 0.6 is 11.6 Å². The van der Waals surface area contributed by atoms with Crippen LogP contribution < -0.4 is 0 Å². The molecule has 2 rings (SSSR count). The lowest BCUT2D eigenvalue weighted by Crippen LogP contribution is -1.91. The van der Waals surface area contributed by atoms with Gasteiger partial charge in [0.05, 0.1) is 0 Å². The average Bonchev–Trinajstić information content (AvgIpc) is 2.39. The summed E-state index contributed by atoms with van der Waals surface area (Å²) >= 11 is 5.55. The maximum Gasteiger partial charge on any atom is 0.190 e. The Kier molecular flexibility index (Phi) is 1.08. The molecule has 2 heteroatoms. The maximum absolute atomic E-state index is 12.9. The first kappa shape index (κ1) is 5.96. The first-order valence-corrected chi connectivity index (χ1v) is 3.98. The Morgan fingerprint density at radius 3 is 2.00 bits per heavy atom. The molecular weight excluding hydrogens is 139 g/mol. The lowest BCUT2D eigenvalue weighted by atomic mass is 10.0. The van der Waals surface area contributed by atoms with E-state index >= 15 is 0 Å². The van der Waals surface area contributed by atoms with Crippen LogP contribution in [0.5, 0.6) is 0 Å². The fourth-order valence-corrected chi connectivity index (χ4v) is 2.44. The fourth-order valence-electron chi connectivity index (χ4n) is 1.98. The minimum atomic E-state index is -1.28. The normalized spacial score (nSPS) is 56.7. The molecule has 2 fully saturated rings. The molecular formula is C7H10ClF. The highest BCUT2D eigenvalue weighted by atomic mass is 35.5. The van der Waals surface area contributed by atoms with Gasteiger partial charge in [-0.25, -0.2) is 4.39 Å². The van der Waals surface area contributed by atoms with Gasteiger partial charge in [-0.1, -0.05) is 24.4 Å². The van der Waals surface area contributed by atoms with Gasteiger partial charge in [0.25, 0.3) is 0 Å². The van der Waals surface area contributed by atoms with Crippen LogP contribution in [-0.2, 0) is 0 Å². The molecule has 0 spiro atoms. The van der Waals surface area contributed by atoms with E-state index in [4.69, 9.17) is 11.6 Å². The molecule has 0 aromatic carbocycles. The summed E-state index contributed by atoms with van der Waals surface area (Å²) in [6.45, 7) is 0. The molecule has 2 aliphatic carbocycles. The van der Waals surface area contributed by atoms with Gasteiger partial charge in [-0.15, -0.1) is 0 Å². The van der Waals surface area contributed by atoms with Gasteiger partial charge in [0.2, 0.25) is 0 Å². The van der Waals surface area contributed by atoms with E-state index in [2.05, 4.69) is 0 Å². The van der Waals surface area contributed by atoms with Crippen molar-refractivity contribution in [2.24, 2.45) is 11.8 Å². The monoisotopic (exact) mass is 148 g/mol. The Labute approximate surface area is 59.4 Å².